The van der Waals surface area contributed by atoms with Gasteiger partial charge in [-0.1, -0.05) is 30.0 Å². The number of allylic oxidation sites excluding steroid dienone is 1. The van der Waals surface area contributed by atoms with Crippen LogP contribution < -0.4 is 5.56 Å². The molecule has 0 spiro atoms. The number of rotatable bonds is 7. The van der Waals surface area contributed by atoms with Gasteiger partial charge in [-0.05, 0) is 39.0 Å². The van der Waals surface area contributed by atoms with Crippen LogP contribution in [0, 0.1) is 13.8 Å². The van der Waals surface area contributed by atoms with Crippen molar-refractivity contribution in [2.24, 2.45) is 0 Å². The van der Waals surface area contributed by atoms with Crippen LogP contribution in [0.15, 0.2) is 52.9 Å². The molecule has 0 bridgehead atoms. The van der Waals surface area contributed by atoms with Gasteiger partial charge in [-0.15, -0.1) is 16.8 Å². The minimum Gasteiger partial charge on any atom is -0.349 e. The van der Waals surface area contributed by atoms with Crippen LogP contribution in [0.25, 0.3) is 16.7 Å². The number of nitrogens with zero attached hydrogens (tertiary/aromatic N) is 5. The number of ketones is 1. The van der Waals surface area contributed by atoms with E-state index < -0.39 is 0 Å². The van der Waals surface area contributed by atoms with Gasteiger partial charge in [-0.25, -0.2) is 0 Å². The lowest BCUT2D eigenvalue weighted by atomic mass is 10.2. The molecule has 0 fully saturated rings. The van der Waals surface area contributed by atoms with Crippen LogP contribution in [0.1, 0.15) is 28.7 Å². The second-order valence-electron chi connectivity index (χ2n) is 7.08. The molecule has 0 aliphatic heterocycles. The number of para-hydroxylation sites is 1. The maximum atomic E-state index is 12.9. The van der Waals surface area contributed by atoms with Gasteiger partial charge in [0.25, 0.3) is 5.56 Å². The highest BCUT2D eigenvalue weighted by Crippen LogP contribution is 2.24. The van der Waals surface area contributed by atoms with Crippen molar-refractivity contribution in [2.75, 3.05) is 5.75 Å². The largest absolute Gasteiger partial charge is 0.349 e. The summed E-state index contributed by atoms with van der Waals surface area (Å²) < 4.78 is 5.52. The minimum absolute atomic E-state index is 0.0493. The Morgan fingerprint density at radius 2 is 1.97 bits per heavy atom. The zero-order valence-electron chi connectivity index (χ0n) is 17.3. The van der Waals surface area contributed by atoms with E-state index in [1.807, 2.05) is 42.5 Å². The molecule has 4 aromatic rings. The average Bonchev–Trinajstić information content (AvgIpc) is 3.29. The quantitative estimate of drug-likeness (QED) is 0.259. The molecule has 4 rings (SSSR count). The van der Waals surface area contributed by atoms with E-state index in [2.05, 4.69) is 28.3 Å². The first kappa shape index (κ1) is 20.2. The monoisotopic (exact) mass is 421 g/mol. The molecule has 3 aromatic heterocycles. The van der Waals surface area contributed by atoms with Crippen molar-refractivity contribution in [1.29, 1.82) is 0 Å². The molecule has 0 unspecified atom stereocenters. The van der Waals surface area contributed by atoms with Gasteiger partial charge in [0, 0.05) is 30.0 Å². The third kappa shape index (κ3) is 3.17. The van der Waals surface area contributed by atoms with E-state index in [0.717, 1.165) is 29.0 Å². The van der Waals surface area contributed by atoms with Crippen LogP contribution in [0.4, 0.5) is 0 Å². The number of hydrogen-bond acceptors (Lipinski definition) is 5. The normalized spacial score (nSPS) is 11.4. The fourth-order valence-electron chi connectivity index (χ4n) is 3.90. The standard InChI is InChI=1S/C22H23N5O2S/c1-5-11-26-20(29)16-9-7-8-10-18(16)27-21(26)23-24-22(27)30-13-19(28)17-12-14(3)25(6-2)15(17)4/h5,7-10,12H,1,6,11,13H2,2-4H3. The Hall–Kier alpha value is -3.13. The Balaban J connectivity index is 1.75. The van der Waals surface area contributed by atoms with E-state index >= 15 is 0 Å². The number of aromatic nitrogens is 5. The van der Waals surface area contributed by atoms with Crippen molar-refractivity contribution >= 4 is 34.2 Å². The Bertz CT molecular complexity index is 1350. The van der Waals surface area contributed by atoms with Gasteiger partial charge in [0.2, 0.25) is 5.78 Å². The van der Waals surface area contributed by atoms with Gasteiger partial charge < -0.3 is 4.57 Å². The number of carbonyl (C=O) groups excluding carboxylic acids is 1. The molecule has 0 saturated heterocycles. The van der Waals surface area contributed by atoms with Crippen LogP contribution in [-0.2, 0) is 13.1 Å². The van der Waals surface area contributed by atoms with Crippen LogP contribution in [0.5, 0.6) is 0 Å². The summed E-state index contributed by atoms with van der Waals surface area (Å²) in [5.41, 5.74) is 3.39. The number of benzene rings is 1. The highest BCUT2D eigenvalue weighted by Gasteiger charge is 2.19. The molecule has 0 N–H and O–H groups in total. The Morgan fingerprint density at radius 3 is 2.67 bits per heavy atom. The van der Waals surface area contributed by atoms with Gasteiger partial charge in [-0.3, -0.25) is 18.6 Å². The van der Waals surface area contributed by atoms with Gasteiger partial charge in [-0.2, -0.15) is 0 Å². The highest BCUT2D eigenvalue weighted by atomic mass is 32.2. The third-order valence-electron chi connectivity index (χ3n) is 5.31. The number of Topliss-reactive ketones (excluding diaryl/α,β-unsaturated/α-hetero) is 1. The fraction of sp³-hybridized carbons (Fsp3) is 0.273. The Morgan fingerprint density at radius 1 is 1.20 bits per heavy atom. The van der Waals surface area contributed by atoms with E-state index in [4.69, 9.17) is 0 Å². The van der Waals surface area contributed by atoms with E-state index in [1.165, 1.54) is 11.8 Å². The molecule has 0 saturated carbocycles. The Kier molecular flexibility index (Phi) is 5.34. The van der Waals surface area contributed by atoms with Crippen LogP contribution >= 0.6 is 11.8 Å². The summed E-state index contributed by atoms with van der Waals surface area (Å²) in [6.07, 6.45) is 1.66. The van der Waals surface area contributed by atoms with E-state index in [1.54, 1.807) is 16.7 Å². The summed E-state index contributed by atoms with van der Waals surface area (Å²) >= 11 is 1.33. The molecule has 0 aliphatic rings. The summed E-state index contributed by atoms with van der Waals surface area (Å²) in [6.45, 7) is 11.0. The summed E-state index contributed by atoms with van der Waals surface area (Å²) in [4.78, 5) is 25.8. The summed E-state index contributed by atoms with van der Waals surface area (Å²) in [7, 11) is 0. The molecule has 154 valence electrons. The van der Waals surface area contributed by atoms with Gasteiger partial charge >= 0.3 is 0 Å². The van der Waals surface area contributed by atoms with Crippen molar-refractivity contribution in [3.8, 4) is 0 Å². The van der Waals surface area contributed by atoms with Crippen molar-refractivity contribution in [2.45, 2.75) is 39.0 Å². The minimum atomic E-state index is -0.134. The summed E-state index contributed by atoms with van der Waals surface area (Å²) in [6, 6.07) is 9.30. The zero-order chi connectivity index (χ0) is 21.4. The maximum Gasteiger partial charge on any atom is 0.263 e. The van der Waals surface area contributed by atoms with Gasteiger partial charge in [0.05, 0.1) is 16.7 Å². The molecule has 1 aromatic carbocycles. The second kappa shape index (κ2) is 7.95. The first-order valence-corrected chi connectivity index (χ1v) is 10.8. The van der Waals surface area contributed by atoms with Crippen LogP contribution in [0.3, 0.4) is 0 Å². The van der Waals surface area contributed by atoms with E-state index in [9.17, 15) is 9.59 Å². The van der Waals surface area contributed by atoms with E-state index in [-0.39, 0.29) is 17.1 Å². The topological polar surface area (TPSA) is 74.2 Å². The number of hydrogen-bond donors (Lipinski definition) is 0. The molecule has 8 heteroatoms. The summed E-state index contributed by atoms with van der Waals surface area (Å²) in [5.74, 6) is 0.731. The molecule has 30 heavy (non-hydrogen) atoms. The van der Waals surface area contributed by atoms with Gasteiger partial charge in [0.1, 0.15) is 0 Å². The average molecular weight is 422 g/mol. The number of fused-ring (bicyclic) bond motifs is 3. The molecule has 0 amide bonds. The third-order valence-corrected chi connectivity index (χ3v) is 6.24. The van der Waals surface area contributed by atoms with Crippen LogP contribution in [-0.4, -0.2) is 35.3 Å². The SMILES string of the molecule is C=CCn1c(=O)c2ccccc2n2c(SCC(=O)c3cc(C)n(CC)c3C)nnc12. The molecule has 0 aliphatic carbocycles. The van der Waals surface area contributed by atoms with Crippen LogP contribution in [0.2, 0.25) is 0 Å². The molecule has 3 heterocycles. The number of thioether (sulfide) groups is 1. The number of aryl methyl sites for hydroxylation is 1. The lowest BCUT2D eigenvalue weighted by Gasteiger charge is -2.09. The smallest absolute Gasteiger partial charge is 0.263 e. The predicted molar refractivity (Wildman–Crippen MR) is 120 cm³/mol. The second-order valence-corrected chi connectivity index (χ2v) is 8.02. The molecule has 7 nitrogen and oxygen atoms in total. The summed E-state index contributed by atoms with van der Waals surface area (Å²) in [5, 5.41) is 9.68. The molecule has 0 radical (unpaired) electrons. The highest BCUT2D eigenvalue weighted by molar-refractivity contribution is 7.99. The lowest BCUT2D eigenvalue weighted by Crippen LogP contribution is -2.22. The first-order valence-electron chi connectivity index (χ1n) is 9.78. The van der Waals surface area contributed by atoms with Crippen molar-refractivity contribution < 1.29 is 4.79 Å². The van der Waals surface area contributed by atoms with Gasteiger partial charge in [0.15, 0.2) is 10.9 Å². The van der Waals surface area contributed by atoms with Crippen molar-refractivity contribution in [3.05, 3.63) is 70.3 Å². The lowest BCUT2D eigenvalue weighted by molar-refractivity contribution is 0.102. The van der Waals surface area contributed by atoms with E-state index in [0.29, 0.717) is 22.9 Å². The van der Waals surface area contributed by atoms with Crippen molar-refractivity contribution in [3.63, 3.8) is 0 Å². The maximum absolute atomic E-state index is 12.9. The molecular weight excluding hydrogens is 398 g/mol. The fourth-order valence-corrected chi connectivity index (χ4v) is 4.72. The number of carbonyl (C=O) groups is 1. The first-order chi connectivity index (χ1) is 14.5. The molecular formula is C22H23N5O2S. The predicted octanol–water partition coefficient (Wildman–Crippen LogP) is 3.64. The Labute approximate surface area is 178 Å². The van der Waals surface area contributed by atoms with Crippen molar-refractivity contribution in [1.82, 2.24) is 23.7 Å². The molecule has 0 atom stereocenters. The zero-order valence-corrected chi connectivity index (χ0v) is 18.1.